The van der Waals surface area contributed by atoms with E-state index >= 15 is 0 Å². The number of anilines is 1. The number of carbonyl (C=O) groups excluding carboxylic acids is 2. The molecular formula is C15H22N4O2. The van der Waals surface area contributed by atoms with Gasteiger partial charge in [0, 0.05) is 37.4 Å². The van der Waals surface area contributed by atoms with Crippen molar-refractivity contribution in [2.75, 3.05) is 31.1 Å². The topological polar surface area (TPSA) is 101 Å². The molecule has 6 heteroatoms. The number of hydrogen-bond donors (Lipinski definition) is 3. The molecule has 1 aliphatic heterocycles. The largest absolute Gasteiger partial charge is 0.371 e. The third-order valence-electron chi connectivity index (χ3n) is 3.75. The number of carbonyl (C=O) groups is 2. The molecule has 1 atom stereocenters. The molecule has 1 fully saturated rings. The quantitative estimate of drug-likeness (QED) is 0.714. The first-order valence-electron chi connectivity index (χ1n) is 7.24. The fraction of sp³-hybridized carbons (Fsp3) is 0.467. The number of amides is 2. The second kappa shape index (κ2) is 7.08. The lowest BCUT2D eigenvalue weighted by atomic mass is 9.96. The van der Waals surface area contributed by atoms with Gasteiger partial charge in [-0.2, -0.15) is 0 Å². The zero-order valence-corrected chi connectivity index (χ0v) is 12.0. The molecule has 21 heavy (non-hydrogen) atoms. The Balaban J connectivity index is 2.00. The van der Waals surface area contributed by atoms with Crippen LogP contribution < -0.4 is 21.7 Å². The Morgan fingerprint density at radius 3 is 2.62 bits per heavy atom. The molecule has 1 aromatic carbocycles. The highest BCUT2D eigenvalue weighted by atomic mass is 16.2. The number of piperidine rings is 1. The molecule has 1 saturated heterocycles. The highest BCUT2D eigenvalue weighted by Crippen LogP contribution is 2.23. The van der Waals surface area contributed by atoms with Gasteiger partial charge in [0.05, 0.1) is 5.92 Å². The van der Waals surface area contributed by atoms with E-state index < -0.39 is 5.91 Å². The lowest BCUT2D eigenvalue weighted by molar-refractivity contribution is -0.125. The Labute approximate surface area is 124 Å². The maximum Gasteiger partial charge on any atom is 0.248 e. The normalized spacial score (nSPS) is 18.3. The molecule has 2 amide bonds. The Bertz CT molecular complexity index is 501. The van der Waals surface area contributed by atoms with Crippen LogP contribution in [0.25, 0.3) is 0 Å². The number of hydrogen-bond acceptors (Lipinski definition) is 4. The van der Waals surface area contributed by atoms with E-state index in [1.807, 2.05) is 12.1 Å². The molecule has 1 aliphatic rings. The summed E-state index contributed by atoms with van der Waals surface area (Å²) in [6.45, 7) is 2.57. The van der Waals surface area contributed by atoms with E-state index in [9.17, 15) is 9.59 Å². The number of rotatable bonds is 5. The van der Waals surface area contributed by atoms with Crippen LogP contribution in [0.15, 0.2) is 24.3 Å². The standard InChI is InChI=1S/C15H22N4O2/c16-7-8-18-15(21)12-2-1-9-19(10-12)13-5-3-11(4-6-13)14(17)20/h3-6,12H,1-2,7-10,16H2,(H2,17,20)(H,18,21). The van der Waals surface area contributed by atoms with Gasteiger partial charge in [0.2, 0.25) is 11.8 Å². The lowest BCUT2D eigenvalue weighted by Gasteiger charge is -2.33. The predicted molar refractivity (Wildman–Crippen MR) is 82.0 cm³/mol. The lowest BCUT2D eigenvalue weighted by Crippen LogP contribution is -2.44. The van der Waals surface area contributed by atoms with Gasteiger partial charge >= 0.3 is 0 Å². The molecule has 114 valence electrons. The van der Waals surface area contributed by atoms with Gasteiger partial charge < -0.3 is 21.7 Å². The monoisotopic (exact) mass is 290 g/mol. The SMILES string of the molecule is NCCNC(=O)C1CCCN(c2ccc(C(N)=O)cc2)C1. The van der Waals surface area contributed by atoms with Crippen molar-refractivity contribution >= 4 is 17.5 Å². The number of primary amides is 1. The highest BCUT2D eigenvalue weighted by molar-refractivity contribution is 5.93. The van der Waals surface area contributed by atoms with Crippen LogP contribution in [-0.2, 0) is 4.79 Å². The van der Waals surface area contributed by atoms with Gasteiger partial charge in [-0.1, -0.05) is 0 Å². The third-order valence-corrected chi connectivity index (χ3v) is 3.75. The summed E-state index contributed by atoms with van der Waals surface area (Å²) >= 11 is 0. The zero-order valence-electron chi connectivity index (χ0n) is 12.0. The molecule has 0 radical (unpaired) electrons. The summed E-state index contributed by atoms with van der Waals surface area (Å²) < 4.78 is 0. The minimum atomic E-state index is -0.431. The fourth-order valence-corrected chi connectivity index (χ4v) is 2.60. The van der Waals surface area contributed by atoms with Crippen LogP contribution in [0.5, 0.6) is 0 Å². The van der Waals surface area contributed by atoms with Crippen LogP contribution >= 0.6 is 0 Å². The predicted octanol–water partition coefficient (Wildman–Crippen LogP) is 0.0768. The van der Waals surface area contributed by atoms with Crippen molar-refractivity contribution in [1.82, 2.24) is 5.32 Å². The summed E-state index contributed by atoms with van der Waals surface area (Å²) in [6, 6.07) is 7.19. The van der Waals surface area contributed by atoms with Crippen molar-refractivity contribution in [3.05, 3.63) is 29.8 Å². The average Bonchev–Trinajstić information content (AvgIpc) is 2.52. The first-order chi connectivity index (χ1) is 10.1. The Morgan fingerprint density at radius 2 is 2.00 bits per heavy atom. The molecule has 0 aliphatic carbocycles. The maximum atomic E-state index is 12.0. The van der Waals surface area contributed by atoms with Gasteiger partial charge in [-0.3, -0.25) is 9.59 Å². The smallest absolute Gasteiger partial charge is 0.248 e. The zero-order chi connectivity index (χ0) is 15.2. The Morgan fingerprint density at radius 1 is 1.29 bits per heavy atom. The summed E-state index contributed by atoms with van der Waals surface area (Å²) in [6.07, 6.45) is 1.87. The Hall–Kier alpha value is -2.08. The average molecular weight is 290 g/mol. The van der Waals surface area contributed by atoms with Crippen molar-refractivity contribution in [3.8, 4) is 0 Å². The van der Waals surface area contributed by atoms with E-state index in [1.54, 1.807) is 12.1 Å². The van der Waals surface area contributed by atoms with Crippen molar-refractivity contribution < 1.29 is 9.59 Å². The van der Waals surface area contributed by atoms with Crippen LogP contribution in [-0.4, -0.2) is 38.0 Å². The van der Waals surface area contributed by atoms with Crippen LogP contribution in [0.3, 0.4) is 0 Å². The fourth-order valence-electron chi connectivity index (χ4n) is 2.60. The summed E-state index contributed by atoms with van der Waals surface area (Å²) in [5, 5.41) is 2.85. The van der Waals surface area contributed by atoms with Crippen LogP contribution in [0.2, 0.25) is 0 Å². The van der Waals surface area contributed by atoms with E-state index in [0.717, 1.165) is 25.1 Å². The van der Waals surface area contributed by atoms with Gasteiger partial charge in [0.15, 0.2) is 0 Å². The van der Waals surface area contributed by atoms with Gasteiger partial charge in [-0.15, -0.1) is 0 Å². The van der Waals surface area contributed by atoms with Gasteiger partial charge in [0.1, 0.15) is 0 Å². The van der Waals surface area contributed by atoms with E-state index in [0.29, 0.717) is 25.2 Å². The molecule has 1 heterocycles. The van der Waals surface area contributed by atoms with E-state index in [-0.39, 0.29) is 11.8 Å². The van der Waals surface area contributed by atoms with Crippen LogP contribution in [0, 0.1) is 5.92 Å². The second-order valence-electron chi connectivity index (χ2n) is 5.28. The molecule has 0 bridgehead atoms. The van der Waals surface area contributed by atoms with Gasteiger partial charge in [0.25, 0.3) is 0 Å². The molecule has 6 nitrogen and oxygen atoms in total. The summed E-state index contributed by atoms with van der Waals surface area (Å²) in [7, 11) is 0. The first-order valence-corrected chi connectivity index (χ1v) is 7.24. The highest BCUT2D eigenvalue weighted by Gasteiger charge is 2.25. The van der Waals surface area contributed by atoms with Crippen molar-refractivity contribution in [3.63, 3.8) is 0 Å². The first kappa shape index (κ1) is 15.3. The van der Waals surface area contributed by atoms with Gasteiger partial charge in [-0.25, -0.2) is 0 Å². The summed E-state index contributed by atoms with van der Waals surface area (Å²) in [5.74, 6) is -0.376. The summed E-state index contributed by atoms with van der Waals surface area (Å²) in [4.78, 5) is 25.3. The molecular weight excluding hydrogens is 268 g/mol. The third kappa shape index (κ3) is 3.95. The van der Waals surface area contributed by atoms with E-state index in [4.69, 9.17) is 11.5 Å². The summed E-state index contributed by atoms with van der Waals surface area (Å²) in [5.41, 5.74) is 12.1. The molecule has 0 spiro atoms. The molecule has 1 unspecified atom stereocenters. The van der Waals surface area contributed by atoms with E-state index in [2.05, 4.69) is 10.2 Å². The number of nitrogens with zero attached hydrogens (tertiary/aromatic N) is 1. The van der Waals surface area contributed by atoms with E-state index in [1.165, 1.54) is 0 Å². The number of nitrogens with one attached hydrogen (secondary N) is 1. The molecule has 0 aromatic heterocycles. The van der Waals surface area contributed by atoms with Crippen molar-refractivity contribution in [2.45, 2.75) is 12.8 Å². The number of benzene rings is 1. The number of nitrogens with two attached hydrogens (primary N) is 2. The Kier molecular flexibility index (Phi) is 5.16. The van der Waals surface area contributed by atoms with Gasteiger partial charge in [-0.05, 0) is 37.1 Å². The van der Waals surface area contributed by atoms with Crippen molar-refractivity contribution in [2.24, 2.45) is 17.4 Å². The van der Waals surface area contributed by atoms with Crippen LogP contribution in [0.1, 0.15) is 23.2 Å². The van der Waals surface area contributed by atoms with Crippen LogP contribution in [0.4, 0.5) is 5.69 Å². The molecule has 0 saturated carbocycles. The molecule has 5 N–H and O–H groups in total. The second-order valence-corrected chi connectivity index (χ2v) is 5.28. The maximum absolute atomic E-state index is 12.0. The molecule has 1 aromatic rings. The minimum Gasteiger partial charge on any atom is -0.371 e. The molecule has 2 rings (SSSR count). The minimum absolute atomic E-state index is 0.0129. The van der Waals surface area contributed by atoms with Crippen molar-refractivity contribution in [1.29, 1.82) is 0 Å².